The zero-order valence-corrected chi connectivity index (χ0v) is 11.1. The fraction of sp³-hybridized carbons (Fsp3) is 0.214. The Morgan fingerprint density at radius 1 is 1.42 bits per heavy atom. The number of aromatic nitrogens is 2. The number of carbonyl (C=O) groups excluding carboxylic acids is 1. The minimum Gasteiger partial charge on any atom is -0.462 e. The highest BCUT2D eigenvalue weighted by atomic mass is 16.5. The largest absolute Gasteiger partial charge is 0.462 e. The third-order valence-electron chi connectivity index (χ3n) is 2.07. The highest BCUT2D eigenvalue weighted by Gasteiger charge is 2.07. The van der Waals surface area contributed by atoms with Crippen LogP contribution in [0.4, 0.5) is 5.95 Å². The van der Waals surface area contributed by atoms with Gasteiger partial charge in [-0.3, -0.25) is 0 Å². The van der Waals surface area contributed by atoms with Crippen molar-refractivity contribution in [3.63, 3.8) is 0 Å². The summed E-state index contributed by atoms with van der Waals surface area (Å²) in [4.78, 5) is 19.5. The number of hydrogen-bond donors (Lipinski definition) is 1. The number of nitrogens with zero attached hydrogens (tertiary/aromatic N) is 2. The molecule has 5 nitrogen and oxygen atoms in total. The molecule has 1 rings (SSSR count). The molecule has 0 aliphatic heterocycles. The smallest absolute Gasteiger partial charge is 0.341 e. The third-order valence-corrected chi connectivity index (χ3v) is 2.07. The molecule has 0 aliphatic rings. The number of carbonyl (C=O) groups is 1. The van der Waals surface area contributed by atoms with Gasteiger partial charge in [-0.1, -0.05) is 24.8 Å². The normalized spacial score (nSPS) is 11.4. The number of nitrogens with one attached hydrogen (secondary N) is 1. The number of rotatable bonds is 6. The molecule has 0 unspecified atom stereocenters. The van der Waals surface area contributed by atoms with E-state index < -0.39 is 5.97 Å². The zero-order chi connectivity index (χ0) is 14.1. The van der Waals surface area contributed by atoms with Crippen LogP contribution in [0.1, 0.15) is 24.2 Å². The van der Waals surface area contributed by atoms with Crippen molar-refractivity contribution in [3.8, 4) is 0 Å². The number of anilines is 1. The maximum Gasteiger partial charge on any atom is 0.341 e. The molecule has 0 aliphatic carbocycles. The second kappa shape index (κ2) is 7.81. The Hall–Kier alpha value is -2.43. The molecule has 1 heterocycles. The fourth-order valence-electron chi connectivity index (χ4n) is 1.21. The summed E-state index contributed by atoms with van der Waals surface area (Å²) in [5.41, 5.74) is 1.21. The number of allylic oxidation sites excluding steroid dienone is 5. The number of esters is 1. The molecule has 0 bridgehead atoms. The van der Waals surface area contributed by atoms with Crippen molar-refractivity contribution in [2.75, 3.05) is 11.9 Å². The van der Waals surface area contributed by atoms with Crippen LogP contribution in [0.5, 0.6) is 0 Å². The lowest BCUT2D eigenvalue weighted by Crippen LogP contribution is -2.07. The number of ether oxygens (including phenoxy) is 1. The van der Waals surface area contributed by atoms with Crippen molar-refractivity contribution < 1.29 is 9.53 Å². The predicted molar refractivity (Wildman–Crippen MR) is 74.7 cm³/mol. The van der Waals surface area contributed by atoms with Gasteiger partial charge in [-0.25, -0.2) is 14.8 Å². The maximum absolute atomic E-state index is 11.4. The molecule has 0 atom stereocenters. The second-order valence-electron chi connectivity index (χ2n) is 3.61. The summed E-state index contributed by atoms with van der Waals surface area (Å²) in [6.45, 7) is 7.54. The quantitative estimate of drug-likeness (QED) is 0.628. The van der Waals surface area contributed by atoms with E-state index in [1.807, 2.05) is 25.2 Å². The summed E-state index contributed by atoms with van der Waals surface area (Å²) in [6, 6.07) is 0. The van der Waals surface area contributed by atoms with Crippen LogP contribution in [0.2, 0.25) is 0 Å². The zero-order valence-electron chi connectivity index (χ0n) is 11.1. The summed E-state index contributed by atoms with van der Waals surface area (Å²) in [6.07, 6.45) is 10.1. The molecule has 1 N–H and O–H groups in total. The molecule has 100 valence electrons. The topological polar surface area (TPSA) is 64.1 Å². The van der Waals surface area contributed by atoms with Gasteiger partial charge in [0, 0.05) is 18.1 Å². The van der Waals surface area contributed by atoms with Gasteiger partial charge < -0.3 is 10.1 Å². The monoisotopic (exact) mass is 259 g/mol. The predicted octanol–water partition coefficient (Wildman–Crippen LogP) is 2.71. The van der Waals surface area contributed by atoms with E-state index in [1.165, 1.54) is 12.4 Å². The molecule has 0 fully saturated rings. The van der Waals surface area contributed by atoms with E-state index in [2.05, 4.69) is 21.9 Å². The summed E-state index contributed by atoms with van der Waals surface area (Å²) >= 11 is 0. The minimum absolute atomic E-state index is 0.330. The lowest BCUT2D eigenvalue weighted by Gasteiger charge is -2.05. The van der Waals surface area contributed by atoms with E-state index in [9.17, 15) is 4.79 Å². The Morgan fingerprint density at radius 3 is 2.68 bits per heavy atom. The highest BCUT2D eigenvalue weighted by molar-refractivity contribution is 5.88. The first-order chi connectivity index (χ1) is 9.17. The van der Waals surface area contributed by atoms with Gasteiger partial charge in [0.05, 0.1) is 12.2 Å². The summed E-state index contributed by atoms with van der Waals surface area (Å²) < 4.78 is 4.85. The molecular formula is C14H17N3O2. The molecule has 1 aromatic heterocycles. The van der Waals surface area contributed by atoms with Crippen LogP contribution in [0, 0.1) is 0 Å². The minimum atomic E-state index is -0.421. The van der Waals surface area contributed by atoms with Gasteiger partial charge in [0.2, 0.25) is 5.95 Å². The number of hydrogen-bond acceptors (Lipinski definition) is 5. The maximum atomic E-state index is 11.4. The van der Waals surface area contributed by atoms with Crippen LogP contribution in [0.15, 0.2) is 49.0 Å². The van der Waals surface area contributed by atoms with Crippen LogP contribution >= 0.6 is 0 Å². The van der Waals surface area contributed by atoms with E-state index in [0.29, 0.717) is 18.1 Å². The van der Waals surface area contributed by atoms with Crippen LogP contribution < -0.4 is 5.32 Å². The van der Waals surface area contributed by atoms with Crippen molar-refractivity contribution in [1.29, 1.82) is 0 Å². The second-order valence-corrected chi connectivity index (χ2v) is 3.61. The van der Waals surface area contributed by atoms with E-state index in [1.54, 1.807) is 13.0 Å². The van der Waals surface area contributed by atoms with Gasteiger partial charge in [-0.05, 0) is 19.9 Å². The van der Waals surface area contributed by atoms with E-state index in [0.717, 1.165) is 5.70 Å². The summed E-state index contributed by atoms with van der Waals surface area (Å²) in [5.74, 6) is 0.00373. The van der Waals surface area contributed by atoms with Gasteiger partial charge >= 0.3 is 5.97 Å². The SMILES string of the molecule is C=C/C=C\C=C(/C)Nc1ncc(C(=O)OCC)cn1. The Kier molecular flexibility index (Phi) is 6.02. The van der Waals surface area contributed by atoms with Crippen molar-refractivity contribution in [3.05, 3.63) is 54.5 Å². The third kappa shape index (κ3) is 5.16. The first-order valence-electron chi connectivity index (χ1n) is 5.89. The van der Waals surface area contributed by atoms with E-state index in [4.69, 9.17) is 4.74 Å². The van der Waals surface area contributed by atoms with Gasteiger partial charge in [-0.2, -0.15) is 0 Å². The molecule has 1 aromatic rings. The molecule has 0 saturated heterocycles. The Labute approximate surface area is 112 Å². The van der Waals surface area contributed by atoms with Crippen molar-refractivity contribution in [1.82, 2.24) is 9.97 Å². The molecule has 0 amide bonds. The van der Waals surface area contributed by atoms with E-state index >= 15 is 0 Å². The Morgan fingerprint density at radius 2 is 2.11 bits per heavy atom. The van der Waals surface area contributed by atoms with E-state index in [-0.39, 0.29) is 0 Å². The van der Waals surface area contributed by atoms with Gasteiger partial charge in [0.1, 0.15) is 0 Å². The van der Waals surface area contributed by atoms with Gasteiger partial charge in [-0.15, -0.1) is 0 Å². The van der Waals surface area contributed by atoms with Crippen molar-refractivity contribution in [2.45, 2.75) is 13.8 Å². The van der Waals surface area contributed by atoms with Gasteiger partial charge in [0.25, 0.3) is 0 Å². The Bertz CT molecular complexity index is 490. The molecule has 5 heteroatoms. The average Bonchev–Trinajstić information content (AvgIpc) is 2.40. The highest BCUT2D eigenvalue weighted by Crippen LogP contribution is 2.05. The van der Waals surface area contributed by atoms with Crippen LogP contribution in [-0.2, 0) is 4.74 Å². The molecule has 0 spiro atoms. The van der Waals surface area contributed by atoms with Crippen LogP contribution in [-0.4, -0.2) is 22.5 Å². The van der Waals surface area contributed by atoms with Crippen LogP contribution in [0.25, 0.3) is 0 Å². The average molecular weight is 259 g/mol. The lowest BCUT2D eigenvalue weighted by atomic mass is 10.3. The lowest BCUT2D eigenvalue weighted by molar-refractivity contribution is 0.0525. The van der Waals surface area contributed by atoms with Crippen LogP contribution in [0.3, 0.4) is 0 Å². The molecule has 19 heavy (non-hydrogen) atoms. The summed E-state index contributed by atoms with van der Waals surface area (Å²) in [5, 5.41) is 3.00. The first kappa shape index (κ1) is 14.6. The van der Waals surface area contributed by atoms with Gasteiger partial charge in [0.15, 0.2) is 0 Å². The molecular weight excluding hydrogens is 242 g/mol. The Balaban J connectivity index is 2.66. The molecule has 0 aromatic carbocycles. The molecule has 0 saturated carbocycles. The first-order valence-corrected chi connectivity index (χ1v) is 5.89. The fourth-order valence-corrected chi connectivity index (χ4v) is 1.21. The van der Waals surface area contributed by atoms with Crippen molar-refractivity contribution >= 4 is 11.9 Å². The standard InChI is InChI=1S/C14H17N3O2/c1-4-6-7-8-11(3)17-14-15-9-12(10-16-14)13(18)19-5-2/h4,6-10H,1,5H2,2-3H3,(H,15,16,17)/b7-6-,11-8+. The summed E-state index contributed by atoms with van der Waals surface area (Å²) in [7, 11) is 0. The molecule has 0 radical (unpaired) electrons. The van der Waals surface area contributed by atoms with Crippen molar-refractivity contribution in [2.24, 2.45) is 0 Å².